The molecule has 386 valence electrons. The minimum atomic E-state index is -0.674. The molecular weight excluding hydrogens is 984 g/mol. The third-order valence-electron chi connectivity index (χ3n) is 15.3. The van der Waals surface area contributed by atoms with Crippen LogP contribution in [0.4, 0.5) is 34.1 Å². The smallest absolute Gasteiger partial charge is 0.0462 e. The van der Waals surface area contributed by atoms with Gasteiger partial charge in [-0.25, -0.2) is 0 Å². The summed E-state index contributed by atoms with van der Waals surface area (Å²) in [5.41, 5.74) is 24.9. The van der Waals surface area contributed by atoms with Gasteiger partial charge in [0.05, 0.1) is 0 Å². The predicted molar refractivity (Wildman–Crippen MR) is 345 cm³/mol. The van der Waals surface area contributed by atoms with Crippen LogP contribution in [0.3, 0.4) is 0 Å². The Hall–Kier alpha value is -9.33. The lowest BCUT2D eigenvalue weighted by molar-refractivity contribution is 1.27. The largest absolute Gasteiger partial charge is 0.311 e. The average molecular weight is 1050 g/mol. The van der Waals surface area contributed by atoms with Gasteiger partial charge >= 0.3 is 0 Å². The van der Waals surface area contributed by atoms with Crippen LogP contribution in [0.25, 0.3) is 55.6 Å². The molecule has 0 aliphatic heterocycles. The molecule has 0 fully saturated rings. The molecule has 0 radical (unpaired) electrons. The maximum Gasteiger partial charge on any atom is 0.0462 e. The summed E-state index contributed by atoms with van der Waals surface area (Å²) in [6, 6.07) is 107. The quantitative estimate of drug-likeness (QED) is 0.100. The maximum absolute atomic E-state index is 2.36. The number of aryl methyl sites for hydroxylation is 5. The van der Waals surface area contributed by atoms with Crippen LogP contribution in [-0.2, 0) is 0 Å². The zero-order valence-electron chi connectivity index (χ0n) is 46.1. The molecule has 0 saturated carbocycles. The molecule has 0 saturated heterocycles. The molecule has 12 rings (SSSR count). The highest BCUT2D eigenvalue weighted by molar-refractivity contribution is 7.79. The fourth-order valence-corrected chi connectivity index (χ4v) is 12.8. The lowest BCUT2D eigenvalue weighted by Crippen LogP contribution is -2.20. The lowest BCUT2D eigenvalue weighted by Gasteiger charge is -2.26. The van der Waals surface area contributed by atoms with Crippen molar-refractivity contribution in [2.45, 2.75) is 34.6 Å². The number of anilines is 6. The Morgan fingerprint density at radius 2 is 0.287 bits per heavy atom. The Morgan fingerprint density at radius 1 is 0.163 bits per heavy atom. The van der Waals surface area contributed by atoms with E-state index < -0.39 is 7.92 Å². The molecular formula is C77H63N2P. The first-order valence-electron chi connectivity index (χ1n) is 27.6. The van der Waals surface area contributed by atoms with Gasteiger partial charge in [0.25, 0.3) is 0 Å². The Labute approximate surface area is 474 Å². The van der Waals surface area contributed by atoms with E-state index in [1.807, 2.05) is 0 Å². The number of hydrogen-bond acceptors (Lipinski definition) is 2. The normalized spacial score (nSPS) is 11.2. The average Bonchev–Trinajstić information content (AvgIpc) is 3.53. The van der Waals surface area contributed by atoms with E-state index in [0.29, 0.717) is 0 Å². The minimum absolute atomic E-state index is 0.674. The van der Waals surface area contributed by atoms with Gasteiger partial charge in [-0.05, 0) is 187 Å². The molecule has 0 unspecified atom stereocenters. The van der Waals surface area contributed by atoms with Crippen LogP contribution in [0, 0.1) is 34.6 Å². The van der Waals surface area contributed by atoms with Crippen molar-refractivity contribution in [3.63, 3.8) is 0 Å². The SMILES string of the molecule is Cc1ccc(-c2ccc(N(c3ccc(-c4ccc(-c5ccc(N(c6ccc(C)cc6)c6ccc(C)cc6)cc5)cc4)cc3)c3ccc(-c4ccc(-c5ccc(P(c6ccc(C)cc6)c6ccc(C)cc6)cc5)cc4)cc3)cc2)cc1. The molecule has 0 aliphatic carbocycles. The van der Waals surface area contributed by atoms with Gasteiger partial charge < -0.3 is 9.80 Å². The van der Waals surface area contributed by atoms with E-state index in [1.54, 1.807) is 0 Å². The summed E-state index contributed by atoms with van der Waals surface area (Å²) < 4.78 is 0. The topological polar surface area (TPSA) is 6.48 Å². The maximum atomic E-state index is 2.36. The van der Waals surface area contributed by atoms with E-state index in [1.165, 1.54) is 99.4 Å². The van der Waals surface area contributed by atoms with Crippen LogP contribution in [0.5, 0.6) is 0 Å². The number of rotatable bonds is 14. The summed E-state index contributed by atoms with van der Waals surface area (Å²) in [5.74, 6) is 0. The second kappa shape index (κ2) is 22.9. The fraction of sp³-hybridized carbons (Fsp3) is 0.0649. The number of benzene rings is 12. The van der Waals surface area contributed by atoms with Gasteiger partial charge in [-0.2, -0.15) is 0 Å². The van der Waals surface area contributed by atoms with E-state index in [9.17, 15) is 0 Å². The number of hydrogen-bond donors (Lipinski definition) is 0. The first kappa shape index (κ1) is 51.4. The van der Waals surface area contributed by atoms with Crippen molar-refractivity contribution in [1.82, 2.24) is 0 Å². The highest BCUT2D eigenvalue weighted by Gasteiger charge is 2.19. The molecule has 12 aromatic rings. The highest BCUT2D eigenvalue weighted by Crippen LogP contribution is 2.40. The van der Waals surface area contributed by atoms with Gasteiger partial charge in [0.2, 0.25) is 0 Å². The van der Waals surface area contributed by atoms with E-state index >= 15 is 0 Å². The van der Waals surface area contributed by atoms with Crippen LogP contribution in [0.15, 0.2) is 291 Å². The summed E-state index contributed by atoms with van der Waals surface area (Å²) in [7, 11) is -0.674. The Balaban J connectivity index is 0.782. The molecule has 0 aliphatic rings. The molecule has 2 nitrogen and oxygen atoms in total. The van der Waals surface area contributed by atoms with Crippen molar-refractivity contribution < 1.29 is 0 Å². The molecule has 80 heavy (non-hydrogen) atoms. The summed E-state index contributed by atoms with van der Waals surface area (Å²) in [6.45, 7) is 10.7. The monoisotopic (exact) mass is 1050 g/mol. The van der Waals surface area contributed by atoms with Crippen molar-refractivity contribution in [3.8, 4) is 55.6 Å². The van der Waals surface area contributed by atoms with Gasteiger partial charge in [-0.3, -0.25) is 0 Å². The second-order valence-corrected chi connectivity index (χ2v) is 23.3. The van der Waals surface area contributed by atoms with Gasteiger partial charge in [0.1, 0.15) is 0 Å². The van der Waals surface area contributed by atoms with Crippen molar-refractivity contribution in [2.75, 3.05) is 9.80 Å². The molecule has 0 heterocycles. The molecule has 12 aromatic carbocycles. The highest BCUT2D eigenvalue weighted by atomic mass is 31.1. The van der Waals surface area contributed by atoms with Crippen LogP contribution < -0.4 is 25.7 Å². The Bertz CT molecular complexity index is 3670. The molecule has 0 aromatic heterocycles. The van der Waals surface area contributed by atoms with E-state index in [0.717, 1.165) is 34.1 Å². The van der Waals surface area contributed by atoms with Crippen molar-refractivity contribution in [2.24, 2.45) is 0 Å². The van der Waals surface area contributed by atoms with E-state index in [-0.39, 0.29) is 0 Å². The summed E-state index contributed by atoms with van der Waals surface area (Å²) in [6.07, 6.45) is 0. The fourth-order valence-electron chi connectivity index (χ4n) is 10.6. The molecule has 0 amide bonds. The lowest BCUT2D eigenvalue weighted by atomic mass is 9.99. The summed E-state index contributed by atoms with van der Waals surface area (Å²) in [4.78, 5) is 4.68. The van der Waals surface area contributed by atoms with E-state index in [2.05, 4.69) is 336 Å². The van der Waals surface area contributed by atoms with Crippen molar-refractivity contribution in [1.29, 1.82) is 0 Å². The molecule has 3 heteroatoms. The van der Waals surface area contributed by atoms with Crippen LogP contribution in [0.2, 0.25) is 0 Å². The predicted octanol–water partition coefficient (Wildman–Crippen LogP) is 20.3. The van der Waals surface area contributed by atoms with Crippen molar-refractivity contribution >= 4 is 58.0 Å². The molecule has 0 spiro atoms. The second-order valence-electron chi connectivity index (χ2n) is 21.1. The zero-order valence-corrected chi connectivity index (χ0v) is 46.9. The first-order chi connectivity index (χ1) is 39.1. The van der Waals surface area contributed by atoms with Crippen LogP contribution in [-0.4, -0.2) is 0 Å². The third-order valence-corrected chi connectivity index (χ3v) is 17.7. The first-order valence-corrected chi connectivity index (χ1v) is 29.0. The van der Waals surface area contributed by atoms with Gasteiger partial charge in [0.15, 0.2) is 0 Å². The van der Waals surface area contributed by atoms with Gasteiger partial charge in [-0.15, -0.1) is 0 Å². The Morgan fingerprint density at radius 3 is 0.500 bits per heavy atom. The van der Waals surface area contributed by atoms with Crippen molar-refractivity contribution in [3.05, 3.63) is 319 Å². The zero-order chi connectivity index (χ0) is 54.5. The minimum Gasteiger partial charge on any atom is -0.311 e. The third kappa shape index (κ3) is 11.3. The standard InChI is InChI=1S/C77H63N2P/c1-54-6-16-59(17-7-54)64-26-40-72(41-27-64)79(73-44-30-66(31-45-73)61-20-18-60(19-21-61)65-28-42-71(43-29-65)78(69-36-8-55(2)9-37-69)70-38-10-56(3)11-39-70)74-46-32-67(33-47-74)62-22-24-63(25-23-62)68-34-52-77(53-35-68)80(75-48-12-57(4)13-49-75)76-50-14-58(5)15-51-76/h6-53H,1-5H3. The summed E-state index contributed by atoms with van der Waals surface area (Å²) in [5, 5.41) is 4.09. The number of nitrogens with zero attached hydrogens (tertiary/aromatic N) is 2. The van der Waals surface area contributed by atoms with Crippen LogP contribution >= 0.6 is 7.92 Å². The Kier molecular flexibility index (Phi) is 14.7. The summed E-state index contributed by atoms with van der Waals surface area (Å²) >= 11 is 0. The van der Waals surface area contributed by atoms with E-state index in [4.69, 9.17) is 0 Å². The van der Waals surface area contributed by atoms with Crippen LogP contribution in [0.1, 0.15) is 27.8 Å². The molecule has 0 atom stereocenters. The molecule has 0 bridgehead atoms. The molecule has 0 N–H and O–H groups in total. The van der Waals surface area contributed by atoms with Gasteiger partial charge in [-0.1, -0.05) is 246 Å². The van der Waals surface area contributed by atoms with Gasteiger partial charge in [0, 0.05) is 34.1 Å².